The van der Waals surface area contributed by atoms with Crippen molar-refractivity contribution in [2.45, 2.75) is 52.2 Å². The van der Waals surface area contributed by atoms with E-state index in [1.54, 1.807) is 0 Å². The highest BCUT2D eigenvalue weighted by molar-refractivity contribution is 5.66. The van der Waals surface area contributed by atoms with Crippen LogP contribution in [0.15, 0.2) is 0 Å². The molecule has 0 aromatic rings. The molecule has 0 aliphatic rings. The van der Waals surface area contributed by atoms with E-state index in [2.05, 4.69) is 5.48 Å². The van der Waals surface area contributed by atoms with E-state index < -0.39 is 5.97 Å². The maximum atomic E-state index is 10.2. The van der Waals surface area contributed by atoms with Gasteiger partial charge in [0.25, 0.3) is 0 Å². The van der Waals surface area contributed by atoms with Gasteiger partial charge < -0.3 is 5.11 Å². The van der Waals surface area contributed by atoms with Gasteiger partial charge in [-0.1, -0.05) is 0 Å². The van der Waals surface area contributed by atoms with Gasteiger partial charge in [-0.05, 0) is 34.1 Å². The van der Waals surface area contributed by atoms with Crippen molar-refractivity contribution in [2.75, 3.05) is 0 Å². The molecule has 0 spiro atoms. The molecule has 78 valence electrons. The number of hydroxylamine groups is 1. The Morgan fingerprint density at radius 1 is 1.54 bits per heavy atom. The van der Waals surface area contributed by atoms with Gasteiger partial charge in [0.15, 0.2) is 0 Å². The number of aliphatic carboxylic acids is 1. The number of carbonyl (C=O) groups is 1. The molecule has 0 saturated heterocycles. The van der Waals surface area contributed by atoms with E-state index in [1.165, 1.54) is 0 Å². The summed E-state index contributed by atoms with van der Waals surface area (Å²) in [7, 11) is 0. The molecule has 0 aliphatic carbocycles. The van der Waals surface area contributed by atoms with E-state index in [0.717, 1.165) is 0 Å². The first-order valence-electron chi connectivity index (χ1n) is 4.46. The molecular weight excluding hydrogens is 170 g/mol. The van der Waals surface area contributed by atoms with Crippen molar-refractivity contribution in [3.63, 3.8) is 0 Å². The Morgan fingerprint density at radius 2 is 2.08 bits per heavy atom. The third-order valence-corrected chi connectivity index (χ3v) is 1.36. The van der Waals surface area contributed by atoms with Gasteiger partial charge in [-0.25, -0.2) is 0 Å². The molecule has 1 unspecified atom stereocenters. The smallest absolute Gasteiger partial charge is 0.303 e. The third-order valence-electron chi connectivity index (χ3n) is 1.36. The summed E-state index contributed by atoms with van der Waals surface area (Å²) in [5.41, 5.74) is 2.58. The Labute approximate surface area is 79.2 Å². The second-order valence-electron chi connectivity index (χ2n) is 4.17. The molecule has 0 fully saturated rings. The van der Waals surface area contributed by atoms with Crippen LogP contribution in [-0.4, -0.2) is 22.7 Å². The highest BCUT2D eigenvalue weighted by Crippen LogP contribution is 2.05. The van der Waals surface area contributed by atoms with Crippen LogP contribution in [-0.2, 0) is 9.63 Å². The Hall–Kier alpha value is -0.610. The first-order valence-corrected chi connectivity index (χ1v) is 4.46. The van der Waals surface area contributed by atoms with Crippen LogP contribution in [0.3, 0.4) is 0 Å². The molecule has 0 aliphatic heterocycles. The Balaban J connectivity index is 3.52. The number of hydrogen-bond acceptors (Lipinski definition) is 3. The monoisotopic (exact) mass is 189 g/mol. The van der Waals surface area contributed by atoms with Gasteiger partial charge >= 0.3 is 5.97 Å². The van der Waals surface area contributed by atoms with E-state index in [1.807, 2.05) is 27.7 Å². The molecule has 4 heteroatoms. The third kappa shape index (κ3) is 9.30. The summed E-state index contributed by atoms with van der Waals surface area (Å²) in [6.45, 7) is 7.70. The molecule has 0 saturated carbocycles. The first kappa shape index (κ1) is 12.4. The molecule has 0 bridgehead atoms. The lowest BCUT2D eigenvalue weighted by Crippen LogP contribution is -2.35. The Bertz CT molecular complexity index is 163. The lowest BCUT2D eigenvalue weighted by molar-refractivity contribution is -0.137. The maximum Gasteiger partial charge on any atom is 0.303 e. The molecule has 0 amide bonds. The van der Waals surface area contributed by atoms with Crippen molar-refractivity contribution < 1.29 is 14.7 Å². The predicted molar refractivity (Wildman–Crippen MR) is 50.3 cm³/mol. The van der Waals surface area contributed by atoms with Crippen molar-refractivity contribution in [3.05, 3.63) is 0 Å². The minimum absolute atomic E-state index is 0.0651. The summed E-state index contributed by atoms with van der Waals surface area (Å²) < 4.78 is 0. The Morgan fingerprint density at radius 3 is 2.46 bits per heavy atom. The van der Waals surface area contributed by atoms with Crippen molar-refractivity contribution in [1.29, 1.82) is 0 Å². The highest BCUT2D eigenvalue weighted by Gasteiger charge is 2.12. The molecule has 13 heavy (non-hydrogen) atoms. The van der Waals surface area contributed by atoms with Gasteiger partial charge in [-0.3, -0.25) is 9.63 Å². The topological polar surface area (TPSA) is 58.6 Å². The van der Waals surface area contributed by atoms with E-state index in [0.29, 0.717) is 6.42 Å². The second-order valence-corrected chi connectivity index (χ2v) is 4.17. The van der Waals surface area contributed by atoms with Crippen LogP contribution in [0.4, 0.5) is 0 Å². The van der Waals surface area contributed by atoms with Crippen molar-refractivity contribution in [3.8, 4) is 0 Å². The predicted octanol–water partition coefficient (Wildman–Crippen LogP) is 1.56. The van der Waals surface area contributed by atoms with E-state index >= 15 is 0 Å². The van der Waals surface area contributed by atoms with Crippen LogP contribution in [0, 0.1) is 0 Å². The summed E-state index contributed by atoms with van der Waals surface area (Å²) in [5.74, 6) is -0.774. The van der Waals surface area contributed by atoms with Gasteiger partial charge in [-0.15, -0.1) is 0 Å². The molecule has 1 atom stereocenters. The number of carboxylic acids is 1. The molecule has 4 nitrogen and oxygen atoms in total. The molecule has 2 N–H and O–H groups in total. The average molecular weight is 189 g/mol. The van der Waals surface area contributed by atoms with Crippen LogP contribution in [0.1, 0.15) is 40.5 Å². The fourth-order valence-corrected chi connectivity index (χ4v) is 0.676. The normalized spacial score (nSPS) is 14.2. The number of carboxylic acid groups (broad SMARTS) is 1. The summed E-state index contributed by atoms with van der Waals surface area (Å²) in [6.07, 6.45) is 0.743. The van der Waals surface area contributed by atoms with Crippen molar-refractivity contribution >= 4 is 5.97 Å². The first-order chi connectivity index (χ1) is 5.81. The summed E-state index contributed by atoms with van der Waals surface area (Å²) in [4.78, 5) is 15.5. The van der Waals surface area contributed by atoms with Crippen LogP contribution in [0.2, 0.25) is 0 Å². The quantitative estimate of drug-likeness (QED) is 0.644. The summed E-state index contributed by atoms with van der Waals surface area (Å²) >= 11 is 0. The number of nitrogens with one attached hydrogen (secondary N) is 1. The minimum atomic E-state index is -0.774. The SMILES string of the molecule is CC(CCC(=O)O)NOC(C)(C)C. The molecular formula is C9H19NO3. The van der Waals surface area contributed by atoms with Crippen LogP contribution >= 0.6 is 0 Å². The van der Waals surface area contributed by atoms with E-state index in [4.69, 9.17) is 9.94 Å². The van der Waals surface area contributed by atoms with Crippen molar-refractivity contribution in [1.82, 2.24) is 5.48 Å². The second kappa shape index (κ2) is 5.19. The zero-order valence-corrected chi connectivity index (χ0v) is 8.76. The largest absolute Gasteiger partial charge is 0.481 e. The fraction of sp³-hybridized carbons (Fsp3) is 0.889. The fourth-order valence-electron chi connectivity index (χ4n) is 0.676. The summed E-state index contributed by atoms with van der Waals surface area (Å²) in [6, 6.07) is 0.0651. The lowest BCUT2D eigenvalue weighted by Gasteiger charge is -2.22. The van der Waals surface area contributed by atoms with Crippen LogP contribution < -0.4 is 5.48 Å². The number of rotatable bonds is 5. The van der Waals surface area contributed by atoms with Gasteiger partial charge in [0, 0.05) is 12.5 Å². The molecule has 0 heterocycles. The average Bonchev–Trinajstić information content (AvgIpc) is 1.95. The van der Waals surface area contributed by atoms with Crippen LogP contribution in [0.25, 0.3) is 0 Å². The zero-order chi connectivity index (χ0) is 10.5. The Kier molecular flexibility index (Phi) is 4.95. The molecule has 0 aromatic carbocycles. The molecule has 0 radical (unpaired) electrons. The minimum Gasteiger partial charge on any atom is -0.481 e. The van der Waals surface area contributed by atoms with Gasteiger partial charge in [0.05, 0.1) is 5.60 Å². The zero-order valence-electron chi connectivity index (χ0n) is 8.76. The van der Waals surface area contributed by atoms with Gasteiger partial charge in [0.1, 0.15) is 0 Å². The van der Waals surface area contributed by atoms with E-state index in [9.17, 15) is 4.79 Å². The van der Waals surface area contributed by atoms with Crippen molar-refractivity contribution in [2.24, 2.45) is 0 Å². The maximum absolute atomic E-state index is 10.2. The van der Waals surface area contributed by atoms with Gasteiger partial charge in [0.2, 0.25) is 0 Å². The lowest BCUT2D eigenvalue weighted by atomic mass is 10.2. The summed E-state index contributed by atoms with van der Waals surface area (Å²) in [5, 5.41) is 8.42. The highest BCUT2D eigenvalue weighted by atomic mass is 16.7. The molecule has 0 rings (SSSR count). The van der Waals surface area contributed by atoms with Crippen LogP contribution in [0.5, 0.6) is 0 Å². The number of hydrogen-bond donors (Lipinski definition) is 2. The molecule has 0 aromatic heterocycles. The van der Waals surface area contributed by atoms with Gasteiger partial charge in [-0.2, -0.15) is 5.48 Å². The van der Waals surface area contributed by atoms with E-state index in [-0.39, 0.29) is 18.1 Å². The standard InChI is InChI=1S/C9H19NO3/c1-7(5-6-8(11)12)10-13-9(2,3)4/h7,10H,5-6H2,1-4H3,(H,11,12).